The Morgan fingerprint density at radius 3 is 2.71 bits per heavy atom. The molecule has 0 aromatic heterocycles. The average molecular weight is 219 g/mol. The molecule has 1 N–H and O–H groups in total. The van der Waals surface area contributed by atoms with Crippen molar-refractivity contribution in [2.45, 2.75) is 26.2 Å². The highest BCUT2D eigenvalue weighted by molar-refractivity contribution is 7.91. The monoisotopic (exact) mass is 219 g/mol. The molecule has 5 heteroatoms. The molecule has 1 heterocycles. The second kappa shape index (κ2) is 4.77. The quantitative estimate of drug-likeness (QED) is 0.741. The first-order valence-electron chi connectivity index (χ1n) is 5.00. The average Bonchev–Trinajstić information content (AvgIpc) is 2.45. The minimum Gasteiger partial charge on any atom is -0.356 e. The standard InChI is InChI=1S/C9H17NO3S/c1-2-9(11)10-5-3-8-4-6-14(12,13)7-8/h8H,2-7H2,1H3,(H,10,11). The Kier molecular flexibility index (Phi) is 3.92. The Bertz CT molecular complexity index is 297. The molecule has 4 nitrogen and oxygen atoms in total. The summed E-state index contributed by atoms with van der Waals surface area (Å²) in [5.74, 6) is 0.900. The van der Waals surface area contributed by atoms with Crippen molar-refractivity contribution >= 4 is 15.7 Å². The number of nitrogens with one attached hydrogen (secondary N) is 1. The van der Waals surface area contributed by atoms with Crippen molar-refractivity contribution in [2.75, 3.05) is 18.1 Å². The fraction of sp³-hybridized carbons (Fsp3) is 0.889. The largest absolute Gasteiger partial charge is 0.356 e. The first kappa shape index (κ1) is 11.5. The van der Waals surface area contributed by atoms with E-state index in [1.165, 1.54) is 0 Å². The summed E-state index contributed by atoms with van der Waals surface area (Å²) in [6.45, 7) is 2.40. The predicted molar refractivity (Wildman–Crippen MR) is 54.7 cm³/mol. The van der Waals surface area contributed by atoms with Gasteiger partial charge in [-0.15, -0.1) is 0 Å². The zero-order valence-electron chi connectivity index (χ0n) is 8.45. The normalized spacial score (nSPS) is 24.8. The Labute approximate surface area is 85.0 Å². The molecule has 1 fully saturated rings. The first-order chi connectivity index (χ1) is 6.53. The van der Waals surface area contributed by atoms with Gasteiger partial charge in [0.25, 0.3) is 0 Å². The fourth-order valence-electron chi connectivity index (χ4n) is 1.64. The number of amides is 1. The van der Waals surface area contributed by atoms with Crippen LogP contribution in [0.5, 0.6) is 0 Å². The van der Waals surface area contributed by atoms with Gasteiger partial charge < -0.3 is 5.32 Å². The molecule has 0 radical (unpaired) electrons. The molecule has 0 aromatic carbocycles. The zero-order chi connectivity index (χ0) is 10.6. The summed E-state index contributed by atoms with van der Waals surface area (Å²) in [6.07, 6.45) is 2.03. The van der Waals surface area contributed by atoms with Gasteiger partial charge in [0.2, 0.25) is 5.91 Å². The lowest BCUT2D eigenvalue weighted by Crippen LogP contribution is -2.25. The molecule has 1 unspecified atom stereocenters. The van der Waals surface area contributed by atoms with Crippen LogP contribution in [0.25, 0.3) is 0 Å². The molecule has 1 atom stereocenters. The summed E-state index contributed by atoms with van der Waals surface area (Å²) in [4.78, 5) is 10.9. The summed E-state index contributed by atoms with van der Waals surface area (Å²) in [6, 6.07) is 0. The molecule has 1 aliphatic heterocycles. The summed E-state index contributed by atoms with van der Waals surface area (Å²) in [5.41, 5.74) is 0. The lowest BCUT2D eigenvalue weighted by molar-refractivity contribution is -0.120. The molecular formula is C9H17NO3S. The Morgan fingerprint density at radius 2 is 2.21 bits per heavy atom. The van der Waals surface area contributed by atoms with Gasteiger partial charge in [0.1, 0.15) is 0 Å². The van der Waals surface area contributed by atoms with E-state index >= 15 is 0 Å². The maximum Gasteiger partial charge on any atom is 0.219 e. The van der Waals surface area contributed by atoms with Crippen molar-refractivity contribution in [3.63, 3.8) is 0 Å². The van der Waals surface area contributed by atoms with Gasteiger partial charge in [-0.1, -0.05) is 6.92 Å². The van der Waals surface area contributed by atoms with Crippen LogP contribution in [0.2, 0.25) is 0 Å². The van der Waals surface area contributed by atoms with Gasteiger partial charge >= 0.3 is 0 Å². The Balaban J connectivity index is 2.18. The third kappa shape index (κ3) is 3.65. The molecule has 1 aliphatic rings. The van der Waals surface area contributed by atoms with Gasteiger partial charge in [-0.25, -0.2) is 8.42 Å². The van der Waals surface area contributed by atoms with Crippen molar-refractivity contribution < 1.29 is 13.2 Å². The highest BCUT2D eigenvalue weighted by atomic mass is 32.2. The maximum absolute atomic E-state index is 11.1. The highest BCUT2D eigenvalue weighted by Crippen LogP contribution is 2.20. The van der Waals surface area contributed by atoms with Crippen molar-refractivity contribution in [3.05, 3.63) is 0 Å². The fourth-order valence-corrected chi connectivity index (χ4v) is 3.55. The molecule has 14 heavy (non-hydrogen) atoms. The van der Waals surface area contributed by atoms with Crippen LogP contribution in [0.1, 0.15) is 26.2 Å². The van der Waals surface area contributed by atoms with Gasteiger partial charge in [-0.3, -0.25) is 4.79 Å². The van der Waals surface area contributed by atoms with Crippen molar-refractivity contribution in [3.8, 4) is 0 Å². The van der Waals surface area contributed by atoms with Crippen LogP contribution in [0.15, 0.2) is 0 Å². The van der Waals surface area contributed by atoms with Crippen molar-refractivity contribution in [2.24, 2.45) is 5.92 Å². The number of hydrogen-bond donors (Lipinski definition) is 1. The van der Waals surface area contributed by atoms with E-state index in [1.807, 2.05) is 0 Å². The lowest BCUT2D eigenvalue weighted by Gasteiger charge is -2.07. The van der Waals surface area contributed by atoms with E-state index < -0.39 is 9.84 Å². The third-order valence-corrected chi connectivity index (χ3v) is 4.36. The van der Waals surface area contributed by atoms with Crippen LogP contribution in [0.4, 0.5) is 0 Å². The van der Waals surface area contributed by atoms with Crippen LogP contribution < -0.4 is 5.32 Å². The van der Waals surface area contributed by atoms with Crippen molar-refractivity contribution in [1.82, 2.24) is 5.32 Å². The number of hydrogen-bond acceptors (Lipinski definition) is 3. The molecule has 1 rings (SSSR count). The first-order valence-corrected chi connectivity index (χ1v) is 6.83. The van der Waals surface area contributed by atoms with E-state index in [2.05, 4.69) is 5.32 Å². The van der Waals surface area contributed by atoms with Gasteiger partial charge in [-0.2, -0.15) is 0 Å². The maximum atomic E-state index is 11.1. The second-order valence-electron chi connectivity index (χ2n) is 3.76. The lowest BCUT2D eigenvalue weighted by atomic mass is 10.1. The molecule has 0 aromatic rings. The van der Waals surface area contributed by atoms with Gasteiger partial charge in [-0.05, 0) is 18.8 Å². The van der Waals surface area contributed by atoms with E-state index in [4.69, 9.17) is 0 Å². The van der Waals surface area contributed by atoms with Gasteiger partial charge in [0, 0.05) is 13.0 Å². The van der Waals surface area contributed by atoms with Gasteiger partial charge in [0.05, 0.1) is 11.5 Å². The van der Waals surface area contributed by atoms with E-state index in [0.717, 1.165) is 12.8 Å². The number of carbonyl (C=O) groups excluding carboxylic acids is 1. The highest BCUT2D eigenvalue weighted by Gasteiger charge is 2.27. The Hall–Kier alpha value is -0.580. The van der Waals surface area contributed by atoms with Gasteiger partial charge in [0.15, 0.2) is 9.84 Å². The minimum atomic E-state index is -2.76. The van der Waals surface area contributed by atoms with Crippen LogP contribution in [0, 0.1) is 5.92 Å². The molecular weight excluding hydrogens is 202 g/mol. The number of sulfone groups is 1. The molecule has 0 saturated carbocycles. The molecule has 0 bridgehead atoms. The summed E-state index contributed by atoms with van der Waals surface area (Å²) < 4.78 is 22.2. The minimum absolute atomic E-state index is 0.0332. The van der Waals surface area contributed by atoms with E-state index in [-0.39, 0.29) is 11.8 Å². The zero-order valence-corrected chi connectivity index (χ0v) is 9.27. The summed E-state index contributed by atoms with van der Waals surface area (Å²) in [7, 11) is -2.76. The molecule has 1 amide bonds. The second-order valence-corrected chi connectivity index (χ2v) is 5.99. The topological polar surface area (TPSA) is 63.2 Å². The number of rotatable bonds is 4. The van der Waals surface area contributed by atoms with E-state index in [1.54, 1.807) is 6.92 Å². The molecule has 1 saturated heterocycles. The van der Waals surface area contributed by atoms with Crippen LogP contribution in [-0.2, 0) is 14.6 Å². The molecule has 0 aliphatic carbocycles. The smallest absolute Gasteiger partial charge is 0.219 e. The summed E-state index contributed by atoms with van der Waals surface area (Å²) >= 11 is 0. The molecule has 0 spiro atoms. The van der Waals surface area contributed by atoms with E-state index in [9.17, 15) is 13.2 Å². The molecule has 82 valence electrons. The van der Waals surface area contributed by atoms with Crippen LogP contribution in [0.3, 0.4) is 0 Å². The summed E-state index contributed by atoms with van der Waals surface area (Å²) in [5, 5.41) is 2.75. The van der Waals surface area contributed by atoms with E-state index in [0.29, 0.717) is 24.5 Å². The number of carbonyl (C=O) groups is 1. The van der Waals surface area contributed by atoms with Crippen LogP contribution in [-0.4, -0.2) is 32.4 Å². The van der Waals surface area contributed by atoms with Crippen LogP contribution >= 0.6 is 0 Å². The van der Waals surface area contributed by atoms with Crippen molar-refractivity contribution in [1.29, 1.82) is 0 Å². The predicted octanol–water partition coefficient (Wildman–Crippen LogP) is 0.337. The third-order valence-electron chi connectivity index (χ3n) is 2.52. The SMILES string of the molecule is CCC(=O)NCCC1CCS(=O)(=O)C1. The Morgan fingerprint density at radius 1 is 1.50 bits per heavy atom.